The Kier molecular flexibility index (Phi) is 9.33. The van der Waals surface area contributed by atoms with Crippen LogP contribution in [0.5, 0.6) is 11.5 Å². The van der Waals surface area contributed by atoms with E-state index in [9.17, 15) is 14.4 Å². The van der Waals surface area contributed by atoms with Gasteiger partial charge in [-0.05, 0) is 54.9 Å². The molecule has 0 saturated heterocycles. The lowest BCUT2D eigenvalue weighted by Gasteiger charge is -2.36. The van der Waals surface area contributed by atoms with E-state index in [2.05, 4.69) is 26.1 Å². The van der Waals surface area contributed by atoms with Gasteiger partial charge in [-0.15, -0.1) is 0 Å². The quantitative estimate of drug-likeness (QED) is 0.480. The zero-order chi connectivity index (χ0) is 26.2. The van der Waals surface area contributed by atoms with Crippen LogP contribution in [-0.2, 0) is 14.3 Å². The summed E-state index contributed by atoms with van der Waals surface area (Å²) in [4.78, 5) is 38.4. The average Bonchev–Trinajstić information content (AvgIpc) is 2.87. The number of methoxy groups -OCH3 is 2. The highest BCUT2D eigenvalue weighted by Crippen LogP contribution is 2.36. The molecule has 0 unspecified atom stereocenters. The van der Waals surface area contributed by atoms with E-state index in [1.54, 1.807) is 30.3 Å². The van der Waals surface area contributed by atoms with Crippen LogP contribution in [0.4, 0.5) is 5.69 Å². The van der Waals surface area contributed by atoms with E-state index in [-0.39, 0.29) is 23.1 Å². The number of anilines is 1. The van der Waals surface area contributed by atoms with Crippen molar-refractivity contribution in [1.82, 2.24) is 0 Å². The molecule has 1 fully saturated rings. The number of hydrogen-bond acceptors (Lipinski definition) is 7. The van der Waals surface area contributed by atoms with Crippen molar-refractivity contribution in [2.45, 2.75) is 46.1 Å². The first-order valence-corrected chi connectivity index (χ1v) is 12.2. The van der Waals surface area contributed by atoms with Crippen molar-refractivity contribution in [2.75, 3.05) is 26.1 Å². The van der Waals surface area contributed by atoms with Gasteiger partial charge >= 0.3 is 11.9 Å². The van der Waals surface area contributed by atoms with Crippen molar-refractivity contribution in [3.05, 3.63) is 53.6 Å². The van der Waals surface area contributed by atoms with Crippen LogP contribution in [0.1, 0.15) is 60.7 Å². The molecule has 0 bridgehead atoms. The third-order valence-corrected chi connectivity index (χ3v) is 6.60. The molecule has 0 aliphatic heterocycles. The predicted octanol–water partition coefficient (Wildman–Crippen LogP) is 5.12. The summed E-state index contributed by atoms with van der Waals surface area (Å²) < 4.78 is 21.5. The maximum atomic E-state index is 13.1. The molecule has 0 radical (unpaired) electrons. The predicted molar refractivity (Wildman–Crippen MR) is 135 cm³/mol. The fourth-order valence-electron chi connectivity index (χ4n) is 4.60. The minimum Gasteiger partial charge on any atom is -0.497 e. The van der Waals surface area contributed by atoms with Crippen LogP contribution in [-0.4, -0.2) is 44.8 Å². The van der Waals surface area contributed by atoms with E-state index in [0.717, 1.165) is 19.3 Å². The first-order chi connectivity index (χ1) is 17.2. The maximum absolute atomic E-state index is 13.1. The molecule has 8 heteroatoms. The zero-order valence-electron chi connectivity index (χ0n) is 21.5. The SMILES string of the molecule is COc1ccc(OC)c(NC(=O)COC(=O)c2ccccc2C(=O)O[C@@H]2C[C@H](C)CC[C@@H]2C(C)C)c1. The molecule has 3 atom stereocenters. The highest BCUT2D eigenvalue weighted by atomic mass is 16.5. The molecular formula is C28H35NO7. The summed E-state index contributed by atoms with van der Waals surface area (Å²) in [6.45, 7) is 5.89. The Bertz CT molecular complexity index is 1080. The molecule has 0 spiro atoms. The zero-order valence-corrected chi connectivity index (χ0v) is 21.5. The summed E-state index contributed by atoms with van der Waals surface area (Å²) >= 11 is 0. The third-order valence-electron chi connectivity index (χ3n) is 6.60. The number of carbonyl (C=O) groups is 3. The number of carbonyl (C=O) groups excluding carboxylic acids is 3. The molecule has 0 aromatic heterocycles. The standard InChI is InChI=1S/C28H35NO7/c1-17(2)20-12-10-18(3)14-25(20)36-28(32)22-9-7-6-8-21(22)27(31)35-16-26(30)29-23-15-19(33-4)11-13-24(23)34-5/h6-9,11,13,15,17-18,20,25H,10,12,14,16H2,1-5H3,(H,29,30)/t18-,20-,25-/m1/s1. The second kappa shape index (κ2) is 12.4. The van der Waals surface area contributed by atoms with Crippen molar-refractivity contribution < 1.29 is 33.3 Å². The van der Waals surface area contributed by atoms with E-state index in [1.807, 2.05) is 0 Å². The van der Waals surface area contributed by atoms with Crippen molar-refractivity contribution in [3.8, 4) is 11.5 Å². The second-order valence-electron chi connectivity index (χ2n) is 9.51. The van der Waals surface area contributed by atoms with E-state index >= 15 is 0 Å². The van der Waals surface area contributed by atoms with Crippen molar-refractivity contribution in [1.29, 1.82) is 0 Å². The van der Waals surface area contributed by atoms with Crippen LogP contribution in [0, 0.1) is 17.8 Å². The molecular weight excluding hydrogens is 462 g/mol. The van der Waals surface area contributed by atoms with E-state index in [4.69, 9.17) is 18.9 Å². The van der Waals surface area contributed by atoms with E-state index < -0.39 is 24.5 Å². The van der Waals surface area contributed by atoms with Gasteiger partial charge in [0.1, 0.15) is 17.6 Å². The van der Waals surface area contributed by atoms with Crippen LogP contribution in [0.15, 0.2) is 42.5 Å². The van der Waals surface area contributed by atoms with Crippen LogP contribution in [0.25, 0.3) is 0 Å². The van der Waals surface area contributed by atoms with Crippen molar-refractivity contribution >= 4 is 23.5 Å². The molecule has 2 aromatic carbocycles. The first-order valence-electron chi connectivity index (χ1n) is 12.2. The topological polar surface area (TPSA) is 100 Å². The van der Waals surface area contributed by atoms with Crippen LogP contribution >= 0.6 is 0 Å². The molecule has 1 N–H and O–H groups in total. The third kappa shape index (κ3) is 6.77. The largest absolute Gasteiger partial charge is 0.497 e. The fourth-order valence-corrected chi connectivity index (χ4v) is 4.60. The number of benzene rings is 2. The Morgan fingerprint density at radius 3 is 2.31 bits per heavy atom. The summed E-state index contributed by atoms with van der Waals surface area (Å²) in [6, 6.07) is 11.3. The molecule has 3 rings (SSSR count). The molecule has 8 nitrogen and oxygen atoms in total. The molecule has 1 aliphatic rings. The minimum atomic E-state index is -0.785. The minimum absolute atomic E-state index is 0.0548. The van der Waals surface area contributed by atoms with Crippen molar-refractivity contribution in [3.63, 3.8) is 0 Å². The normalized spacial score (nSPS) is 19.3. The number of esters is 2. The Morgan fingerprint density at radius 1 is 0.972 bits per heavy atom. The van der Waals surface area contributed by atoms with Gasteiger partial charge in [0.05, 0.1) is 31.0 Å². The maximum Gasteiger partial charge on any atom is 0.339 e. The molecule has 194 valence electrons. The summed E-state index contributed by atoms with van der Waals surface area (Å²) in [5.74, 6) is 0.193. The lowest BCUT2D eigenvalue weighted by Crippen LogP contribution is -2.36. The monoisotopic (exact) mass is 497 g/mol. The lowest BCUT2D eigenvalue weighted by atomic mass is 9.75. The van der Waals surface area contributed by atoms with Gasteiger partial charge in [-0.3, -0.25) is 4.79 Å². The number of rotatable bonds is 9. The number of hydrogen-bond donors (Lipinski definition) is 1. The number of amides is 1. The highest BCUT2D eigenvalue weighted by Gasteiger charge is 2.34. The molecule has 1 saturated carbocycles. The van der Waals surface area contributed by atoms with E-state index in [0.29, 0.717) is 29.0 Å². The Balaban J connectivity index is 1.66. The molecule has 1 amide bonds. The molecule has 0 heterocycles. The smallest absolute Gasteiger partial charge is 0.339 e. The first kappa shape index (κ1) is 27.0. The van der Waals surface area contributed by atoms with Crippen LogP contribution < -0.4 is 14.8 Å². The average molecular weight is 498 g/mol. The van der Waals surface area contributed by atoms with Crippen LogP contribution in [0.2, 0.25) is 0 Å². The van der Waals surface area contributed by atoms with Gasteiger partial charge in [0.2, 0.25) is 0 Å². The van der Waals surface area contributed by atoms with Crippen LogP contribution in [0.3, 0.4) is 0 Å². The molecule has 1 aliphatic carbocycles. The van der Waals surface area contributed by atoms with Gasteiger partial charge in [0, 0.05) is 6.07 Å². The van der Waals surface area contributed by atoms with Gasteiger partial charge in [-0.25, -0.2) is 9.59 Å². The second-order valence-corrected chi connectivity index (χ2v) is 9.51. The summed E-state index contributed by atoms with van der Waals surface area (Å²) in [5, 5.41) is 2.64. The number of ether oxygens (including phenoxy) is 4. The Hall–Kier alpha value is -3.55. The van der Waals surface area contributed by atoms with Gasteiger partial charge < -0.3 is 24.3 Å². The highest BCUT2D eigenvalue weighted by molar-refractivity contribution is 6.04. The van der Waals surface area contributed by atoms with Gasteiger partial charge in [0.25, 0.3) is 5.91 Å². The Morgan fingerprint density at radius 2 is 1.67 bits per heavy atom. The van der Waals surface area contributed by atoms with Gasteiger partial charge in [0.15, 0.2) is 6.61 Å². The van der Waals surface area contributed by atoms with Crippen molar-refractivity contribution in [2.24, 2.45) is 17.8 Å². The summed E-state index contributed by atoms with van der Waals surface area (Å²) in [7, 11) is 2.99. The summed E-state index contributed by atoms with van der Waals surface area (Å²) in [6.07, 6.45) is 2.72. The lowest BCUT2D eigenvalue weighted by molar-refractivity contribution is -0.119. The molecule has 36 heavy (non-hydrogen) atoms. The van der Waals surface area contributed by atoms with Gasteiger partial charge in [-0.2, -0.15) is 0 Å². The Labute approximate surface area is 212 Å². The van der Waals surface area contributed by atoms with E-state index in [1.165, 1.54) is 26.4 Å². The fraction of sp³-hybridized carbons (Fsp3) is 0.464. The van der Waals surface area contributed by atoms with Gasteiger partial charge in [-0.1, -0.05) is 39.3 Å². The summed E-state index contributed by atoms with van der Waals surface area (Å²) in [5.41, 5.74) is 0.556. The molecule has 2 aromatic rings. The number of nitrogens with one attached hydrogen (secondary N) is 1.